The molecule has 1 aromatic carbocycles. The Balaban J connectivity index is 1.55. The second kappa shape index (κ2) is 11.9. The predicted octanol–water partition coefficient (Wildman–Crippen LogP) is 1.96. The summed E-state index contributed by atoms with van der Waals surface area (Å²) in [4.78, 5) is 32.3. The van der Waals surface area contributed by atoms with Crippen molar-refractivity contribution in [2.45, 2.75) is 38.4 Å². The molecule has 0 saturated carbocycles. The molecule has 35 heavy (non-hydrogen) atoms. The molecule has 1 amide bonds. The average molecular weight is 498 g/mol. The van der Waals surface area contributed by atoms with Gasteiger partial charge in [0.25, 0.3) is 5.91 Å². The van der Waals surface area contributed by atoms with Gasteiger partial charge in [-0.2, -0.15) is 4.98 Å². The summed E-state index contributed by atoms with van der Waals surface area (Å²) in [6.45, 7) is 1.33. The maximum absolute atomic E-state index is 13.0. The van der Waals surface area contributed by atoms with E-state index in [9.17, 15) is 9.90 Å². The Kier molecular flexibility index (Phi) is 8.40. The van der Waals surface area contributed by atoms with Gasteiger partial charge in [0, 0.05) is 43.3 Å². The van der Waals surface area contributed by atoms with Crippen molar-refractivity contribution >= 4 is 29.3 Å². The Bertz CT molecular complexity index is 1150. The molecule has 11 heteroatoms. The molecule has 184 valence electrons. The van der Waals surface area contributed by atoms with Crippen LogP contribution in [0.3, 0.4) is 0 Å². The van der Waals surface area contributed by atoms with E-state index in [-0.39, 0.29) is 37.3 Å². The van der Waals surface area contributed by atoms with Gasteiger partial charge in [0.1, 0.15) is 17.2 Å². The van der Waals surface area contributed by atoms with E-state index in [4.69, 9.17) is 16.7 Å². The number of halogens is 1. The first-order chi connectivity index (χ1) is 17.1. The highest BCUT2D eigenvalue weighted by Crippen LogP contribution is 2.25. The number of anilines is 2. The van der Waals surface area contributed by atoms with Crippen LogP contribution in [0, 0.1) is 0 Å². The molecule has 10 nitrogen and oxygen atoms in total. The lowest BCUT2D eigenvalue weighted by Gasteiger charge is -2.24. The lowest BCUT2D eigenvalue weighted by molar-refractivity contribution is 0.0950. The van der Waals surface area contributed by atoms with Gasteiger partial charge in [-0.25, -0.2) is 15.0 Å². The van der Waals surface area contributed by atoms with Gasteiger partial charge in [-0.15, -0.1) is 0 Å². The highest BCUT2D eigenvalue weighted by molar-refractivity contribution is 6.31. The van der Waals surface area contributed by atoms with E-state index < -0.39 is 0 Å². The molecule has 0 aliphatic carbocycles. The molecule has 0 radical (unpaired) electrons. The van der Waals surface area contributed by atoms with Crippen LogP contribution in [-0.2, 0) is 19.5 Å². The number of nitrogens with zero attached hydrogens (tertiary/aromatic N) is 5. The lowest BCUT2D eigenvalue weighted by Crippen LogP contribution is -2.34. The molecule has 1 aliphatic heterocycles. The van der Waals surface area contributed by atoms with E-state index in [2.05, 4.69) is 30.6 Å². The lowest BCUT2D eigenvalue weighted by atomic mass is 10.1. The van der Waals surface area contributed by atoms with Crippen LogP contribution in [0.5, 0.6) is 0 Å². The number of amides is 1. The number of aliphatic hydroxyl groups excluding tert-OH is 2. The quantitative estimate of drug-likeness (QED) is 0.331. The predicted molar refractivity (Wildman–Crippen MR) is 132 cm³/mol. The Labute approximate surface area is 208 Å². The number of rotatable bonds is 10. The first-order valence-electron chi connectivity index (χ1n) is 11.5. The SMILES string of the molecule is O=C(NCc1ncccn1)c1cnc(N2CCC[C@H]2CO)nc1NCc1ccc(CCO)c(Cl)c1. The first-order valence-corrected chi connectivity index (χ1v) is 11.9. The zero-order chi connectivity index (χ0) is 24.6. The third-order valence-electron chi connectivity index (χ3n) is 5.85. The fraction of sp³-hybridized carbons (Fsp3) is 0.375. The first kappa shape index (κ1) is 24.8. The fourth-order valence-electron chi connectivity index (χ4n) is 3.99. The van der Waals surface area contributed by atoms with Gasteiger partial charge in [0.2, 0.25) is 5.95 Å². The Hall–Kier alpha value is -3.34. The molecular formula is C24H28ClN7O3. The minimum absolute atomic E-state index is 0.0180. The van der Waals surface area contributed by atoms with Crippen molar-refractivity contribution in [3.05, 3.63) is 70.4 Å². The maximum Gasteiger partial charge on any atom is 0.256 e. The molecule has 1 aliphatic rings. The molecule has 3 heterocycles. The number of aliphatic hydroxyl groups is 2. The normalized spacial score (nSPS) is 15.3. The van der Waals surface area contributed by atoms with Gasteiger partial charge in [-0.05, 0) is 42.5 Å². The van der Waals surface area contributed by atoms with Gasteiger partial charge >= 0.3 is 0 Å². The van der Waals surface area contributed by atoms with Gasteiger partial charge in [0.15, 0.2) is 0 Å². The van der Waals surface area contributed by atoms with E-state index in [1.165, 1.54) is 6.20 Å². The van der Waals surface area contributed by atoms with Crippen LogP contribution in [-0.4, -0.2) is 61.9 Å². The molecule has 1 atom stereocenters. The van der Waals surface area contributed by atoms with Crippen molar-refractivity contribution in [1.29, 1.82) is 0 Å². The molecule has 1 fully saturated rings. The zero-order valence-corrected chi connectivity index (χ0v) is 19.9. The Morgan fingerprint density at radius 1 is 1.17 bits per heavy atom. The van der Waals surface area contributed by atoms with E-state index in [1.54, 1.807) is 18.5 Å². The zero-order valence-electron chi connectivity index (χ0n) is 19.2. The molecular weight excluding hydrogens is 470 g/mol. The molecule has 2 aromatic heterocycles. The molecule has 0 spiro atoms. The van der Waals surface area contributed by atoms with Crippen LogP contribution >= 0.6 is 11.6 Å². The van der Waals surface area contributed by atoms with E-state index >= 15 is 0 Å². The van der Waals surface area contributed by atoms with Gasteiger partial charge in [-0.1, -0.05) is 23.7 Å². The topological polar surface area (TPSA) is 136 Å². The van der Waals surface area contributed by atoms with Crippen molar-refractivity contribution < 1.29 is 15.0 Å². The summed E-state index contributed by atoms with van der Waals surface area (Å²) in [6.07, 6.45) is 7.01. The van der Waals surface area contributed by atoms with Crippen LogP contribution in [0.1, 0.15) is 40.2 Å². The number of nitrogens with one attached hydrogen (secondary N) is 2. The summed E-state index contributed by atoms with van der Waals surface area (Å²) in [6, 6.07) is 7.29. The minimum Gasteiger partial charge on any atom is -0.396 e. The standard InChI is InChI=1S/C24H28ClN7O3/c25-20-11-16(4-5-17(20)6-10-33)12-28-22-19(23(35)29-14-21-26-7-2-8-27-21)13-30-24(31-22)32-9-1-3-18(32)15-34/h2,4-5,7-8,11,13,18,33-34H,1,3,6,9-10,12,14-15H2,(H,29,35)(H,28,30,31)/t18-/m0/s1. The van der Waals surface area contributed by atoms with Crippen LogP contribution in [0.25, 0.3) is 0 Å². The van der Waals surface area contributed by atoms with E-state index in [0.717, 1.165) is 30.5 Å². The van der Waals surface area contributed by atoms with Crippen LogP contribution < -0.4 is 15.5 Å². The summed E-state index contributed by atoms with van der Waals surface area (Å²) in [5.74, 6) is 0.972. The second-order valence-electron chi connectivity index (χ2n) is 8.20. The summed E-state index contributed by atoms with van der Waals surface area (Å²) >= 11 is 6.34. The van der Waals surface area contributed by atoms with Crippen LogP contribution in [0.15, 0.2) is 42.9 Å². The van der Waals surface area contributed by atoms with E-state index in [1.807, 2.05) is 23.1 Å². The number of hydrogen-bond donors (Lipinski definition) is 4. The monoisotopic (exact) mass is 497 g/mol. The molecule has 3 aromatic rings. The molecule has 0 bridgehead atoms. The summed E-state index contributed by atoms with van der Waals surface area (Å²) < 4.78 is 0. The third-order valence-corrected chi connectivity index (χ3v) is 6.20. The summed E-state index contributed by atoms with van der Waals surface area (Å²) in [7, 11) is 0. The minimum atomic E-state index is -0.358. The second-order valence-corrected chi connectivity index (χ2v) is 8.61. The van der Waals surface area contributed by atoms with Gasteiger partial charge in [-0.3, -0.25) is 4.79 Å². The van der Waals surface area contributed by atoms with Crippen molar-refractivity contribution in [2.75, 3.05) is 30.0 Å². The Morgan fingerprint density at radius 2 is 2.00 bits per heavy atom. The van der Waals surface area contributed by atoms with Crippen molar-refractivity contribution in [2.24, 2.45) is 0 Å². The van der Waals surface area contributed by atoms with Crippen molar-refractivity contribution in [3.63, 3.8) is 0 Å². The highest BCUT2D eigenvalue weighted by Gasteiger charge is 2.27. The summed E-state index contributed by atoms with van der Waals surface area (Å²) in [5.41, 5.74) is 2.05. The highest BCUT2D eigenvalue weighted by atomic mass is 35.5. The van der Waals surface area contributed by atoms with Crippen LogP contribution in [0.4, 0.5) is 11.8 Å². The van der Waals surface area contributed by atoms with Crippen molar-refractivity contribution in [3.8, 4) is 0 Å². The van der Waals surface area contributed by atoms with Crippen molar-refractivity contribution in [1.82, 2.24) is 25.3 Å². The molecule has 1 saturated heterocycles. The number of benzene rings is 1. The average Bonchev–Trinajstić information content (AvgIpc) is 3.37. The number of carbonyl (C=O) groups is 1. The maximum atomic E-state index is 13.0. The van der Waals surface area contributed by atoms with Crippen LogP contribution in [0.2, 0.25) is 5.02 Å². The smallest absolute Gasteiger partial charge is 0.256 e. The molecule has 4 N–H and O–H groups in total. The fourth-order valence-corrected chi connectivity index (χ4v) is 4.28. The van der Waals surface area contributed by atoms with Gasteiger partial charge < -0.3 is 25.7 Å². The van der Waals surface area contributed by atoms with E-state index in [0.29, 0.717) is 35.6 Å². The third kappa shape index (κ3) is 6.21. The number of carbonyl (C=O) groups excluding carboxylic acids is 1. The Morgan fingerprint density at radius 3 is 2.74 bits per heavy atom. The summed E-state index contributed by atoms with van der Waals surface area (Å²) in [5, 5.41) is 25.5. The largest absolute Gasteiger partial charge is 0.396 e. The number of aromatic nitrogens is 4. The molecule has 4 rings (SSSR count). The van der Waals surface area contributed by atoms with Gasteiger partial charge in [0.05, 0.1) is 19.2 Å². The number of hydrogen-bond acceptors (Lipinski definition) is 9. The molecule has 0 unspecified atom stereocenters.